The second-order valence-electron chi connectivity index (χ2n) is 4.84. The molecule has 2 rings (SSSR count). The largest absolute Gasteiger partial charge is 0.333 e. The van der Waals surface area contributed by atoms with Crippen LogP contribution in [-0.4, -0.2) is 48.2 Å². The predicted molar refractivity (Wildman–Crippen MR) is 65.6 cm³/mol. The van der Waals surface area contributed by atoms with Gasteiger partial charge in [0, 0.05) is 30.9 Å². The van der Waals surface area contributed by atoms with Crippen molar-refractivity contribution in [3.8, 4) is 0 Å². The highest BCUT2D eigenvalue weighted by molar-refractivity contribution is 5.07. The zero-order chi connectivity index (χ0) is 11.4. The van der Waals surface area contributed by atoms with Gasteiger partial charge >= 0.3 is 0 Å². The molecule has 1 aromatic rings. The van der Waals surface area contributed by atoms with Crippen LogP contribution in [0.4, 0.5) is 0 Å². The molecule has 0 bridgehead atoms. The molecule has 1 saturated heterocycles. The van der Waals surface area contributed by atoms with Gasteiger partial charge in [0.05, 0.1) is 6.33 Å². The van der Waals surface area contributed by atoms with Crippen LogP contribution in [0.15, 0.2) is 12.5 Å². The predicted octanol–water partition coefficient (Wildman–Crippen LogP) is 0.912. The van der Waals surface area contributed by atoms with Crippen molar-refractivity contribution in [2.45, 2.75) is 25.3 Å². The van der Waals surface area contributed by atoms with Crippen LogP contribution in [-0.2, 0) is 6.54 Å². The summed E-state index contributed by atoms with van der Waals surface area (Å²) in [5, 5.41) is 3.41. The van der Waals surface area contributed by atoms with Crippen LogP contribution < -0.4 is 5.32 Å². The van der Waals surface area contributed by atoms with E-state index in [1.165, 1.54) is 18.5 Å². The van der Waals surface area contributed by atoms with Gasteiger partial charge in [0.1, 0.15) is 0 Å². The fraction of sp³-hybridized carbons (Fsp3) is 0.750. The van der Waals surface area contributed by atoms with E-state index in [1.54, 1.807) is 0 Å². The average Bonchev–Trinajstić information content (AvgIpc) is 2.75. The van der Waals surface area contributed by atoms with Crippen LogP contribution in [0.2, 0.25) is 0 Å². The van der Waals surface area contributed by atoms with Gasteiger partial charge in [-0.2, -0.15) is 0 Å². The van der Waals surface area contributed by atoms with Gasteiger partial charge in [-0.05, 0) is 40.0 Å². The van der Waals surface area contributed by atoms with Crippen molar-refractivity contribution in [2.75, 3.05) is 33.7 Å². The maximum Gasteiger partial charge on any atom is 0.0948 e. The van der Waals surface area contributed by atoms with Crippen LogP contribution in [0, 0.1) is 0 Å². The Bertz CT molecular complexity index is 313. The van der Waals surface area contributed by atoms with Gasteiger partial charge in [-0.1, -0.05) is 0 Å². The first-order chi connectivity index (χ1) is 7.77. The highest BCUT2D eigenvalue weighted by atomic mass is 15.1. The number of piperidine rings is 1. The van der Waals surface area contributed by atoms with Gasteiger partial charge < -0.3 is 14.8 Å². The zero-order valence-corrected chi connectivity index (χ0v) is 10.3. The number of rotatable bonds is 4. The first-order valence-electron chi connectivity index (χ1n) is 6.13. The van der Waals surface area contributed by atoms with Crippen molar-refractivity contribution in [1.82, 2.24) is 19.8 Å². The summed E-state index contributed by atoms with van der Waals surface area (Å²) in [6, 6.07) is 0. The third-order valence-electron chi connectivity index (χ3n) is 3.29. The van der Waals surface area contributed by atoms with E-state index < -0.39 is 0 Å². The third-order valence-corrected chi connectivity index (χ3v) is 3.29. The van der Waals surface area contributed by atoms with Crippen molar-refractivity contribution >= 4 is 0 Å². The molecule has 1 N–H and O–H groups in total. The van der Waals surface area contributed by atoms with E-state index in [-0.39, 0.29) is 0 Å². The molecule has 0 saturated carbocycles. The van der Waals surface area contributed by atoms with Crippen LogP contribution in [0.5, 0.6) is 0 Å². The van der Waals surface area contributed by atoms with Crippen molar-refractivity contribution in [1.29, 1.82) is 0 Å². The molecule has 0 atom stereocenters. The molecule has 0 spiro atoms. The SMILES string of the molecule is CN(C)CCn1cncc1C1CCNCC1. The molecule has 2 heterocycles. The van der Waals surface area contributed by atoms with E-state index in [1.807, 2.05) is 12.5 Å². The fourth-order valence-corrected chi connectivity index (χ4v) is 2.28. The molecule has 0 amide bonds. The molecule has 4 nitrogen and oxygen atoms in total. The topological polar surface area (TPSA) is 33.1 Å². The molecule has 0 radical (unpaired) electrons. The number of hydrogen-bond donors (Lipinski definition) is 1. The number of nitrogens with zero attached hydrogens (tertiary/aromatic N) is 3. The quantitative estimate of drug-likeness (QED) is 0.822. The lowest BCUT2D eigenvalue weighted by Crippen LogP contribution is -2.28. The highest BCUT2D eigenvalue weighted by Gasteiger charge is 2.18. The molecular weight excluding hydrogens is 200 g/mol. The smallest absolute Gasteiger partial charge is 0.0948 e. The molecule has 1 aliphatic heterocycles. The van der Waals surface area contributed by atoms with Crippen LogP contribution in [0.25, 0.3) is 0 Å². The van der Waals surface area contributed by atoms with Crippen molar-refractivity contribution < 1.29 is 0 Å². The minimum absolute atomic E-state index is 0.700. The Morgan fingerprint density at radius 1 is 1.44 bits per heavy atom. The molecule has 90 valence electrons. The summed E-state index contributed by atoms with van der Waals surface area (Å²) in [6.07, 6.45) is 6.51. The zero-order valence-electron chi connectivity index (χ0n) is 10.3. The second kappa shape index (κ2) is 5.46. The molecule has 4 heteroatoms. The Labute approximate surface area is 97.7 Å². The Hall–Kier alpha value is -0.870. The summed E-state index contributed by atoms with van der Waals surface area (Å²) in [7, 11) is 4.22. The van der Waals surface area contributed by atoms with E-state index in [9.17, 15) is 0 Å². The molecule has 16 heavy (non-hydrogen) atoms. The number of hydrogen-bond acceptors (Lipinski definition) is 3. The molecule has 1 aliphatic rings. The first kappa shape index (κ1) is 11.6. The monoisotopic (exact) mass is 222 g/mol. The van der Waals surface area contributed by atoms with Gasteiger partial charge in [0.2, 0.25) is 0 Å². The lowest BCUT2D eigenvalue weighted by atomic mass is 9.95. The number of aromatic nitrogens is 2. The van der Waals surface area contributed by atoms with Crippen LogP contribution >= 0.6 is 0 Å². The maximum atomic E-state index is 4.30. The van der Waals surface area contributed by atoms with Gasteiger partial charge in [-0.3, -0.25) is 0 Å². The average molecular weight is 222 g/mol. The van der Waals surface area contributed by atoms with E-state index in [4.69, 9.17) is 0 Å². The number of imidazole rings is 1. The normalized spacial score (nSPS) is 18.2. The third kappa shape index (κ3) is 2.83. The van der Waals surface area contributed by atoms with Gasteiger partial charge in [-0.25, -0.2) is 4.98 Å². The second-order valence-corrected chi connectivity index (χ2v) is 4.84. The number of nitrogens with one attached hydrogen (secondary N) is 1. The lowest BCUT2D eigenvalue weighted by Gasteiger charge is -2.24. The van der Waals surface area contributed by atoms with Crippen LogP contribution in [0.3, 0.4) is 0 Å². The fourth-order valence-electron chi connectivity index (χ4n) is 2.28. The van der Waals surface area contributed by atoms with Crippen LogP contribution in [0.1, 0.15) is 24.5 Å². The summed E-state index contributed by atoms with van der Waals surface area (Å²) >= 11 is 0. The maximum absolute atomic E-state index is 4.30. The van der Waals surface area contributed by atoms with Gasteiger partial charge in [0.15, 0.2) is 0 Å². The molecule has 0 unspecified atom stereocenters. The Balaban J connectivity index is 2.00. The minimum atomic E-state index is 0.700. The van der Waals surface area contributed by atoms with E-state index in [0.717, 1.165) is 26.2 Å². The molecule has 0 aliphatic carbocycles. The van der Waals surface area contributed by atoms with Gasteiger partial charge in [-0.15, -0.1) is 0 Å². The Kier molecular flexibility index (Phi) is 3.96. The highest BCUT2D eigenvalue weighted by Crippen LogP contribution is 2.24. The minimum Gasteiger partial charge on any atom is -0.333 e. The summed E-state index contributed by atoms with van der Waals surface area (Å²) < 4.78 is 2.32. The van der Waals surface area contributed by atoms with Crippen molar-refractivity contribution in [2.24, 2.45) is 0 Å². The first-order valence-corrected chi connectivity index (χ1v) is 6.13. The van der Waals surface area contributed by atoms with Crippen molar-refractivity contribution in [3.63, 3.8) is 0 Å². The summed E-state index contributed by atoms with van der Waals surface area (Å²) in [4.78, 5) is 6.51. The molecule has 1 fully saturated rings. The molecule has 1 aromatic heterocycles. The van der Waals surface area contributed by atoms with Crippen molar-refractivity contribution in [3.05, 3.63) is 18.2 Å². The summed E-state index contributed by atoms with van der Waals surface area (Å²) in [5.74, 6) is 0.700. The number of likely N-dealkylation sites (N-methyl/N-ethyl adjacent to an activating group) is 1. The summed E-state index contributed by atoms with van der Waals surface area (Å²) in [5.41, 5.74) is 1.42. The lowest BCUT2D eigenvalue weighted by molar-refractivity contribution is 0.371. The van der Waals surface area contributed by atoms with E-state index in [0.29, 0.717) is 5.92 Å². The van der Waals surface area contributed by atoms with Gasteiger partial charge in [0.25, 0.3) is 0 Å². The summed E-state index contributed by atoms with van der Waals surface area (Å²) in [6.45, 7) is 4.41. The Morgan fingerprint density at radius 3 is 2.88 bits per heavy atom. The molecular formula is C12H22N4. The standard InChI is InChI=1S/C12H22N4/c1-15(2)7-8-16-10-14-9-12(16)11-3-5-13-6-4-11/h9-11,13H,3-8H2,1-2H3. The van der Waals surface area contributed by atoms with E-state index in [2.05, 4.69) is 33.9 Å². The Morgan fingerprint density at radius 2 is 2.19 bits per heavy atom. The molecule has 0 aromatic carbocycles. The van der Waals surface area contributed by atoms with E-state index >= 15 is 0 Å².